The number of aryl methyl sites for hydroxylation is 2. The average molecular weight is 500 g/mol. The number of hydrogen-bond acceptors (Lipinski definition) is 5. The Morgan fingerprint density at radius 2 is 1.19 bits per heavy atom. The zero-order valence-electron chi connectivity index (χ0n) is 20.5. The van der Waals surface area contributed by atoms with Gasteiger partial charge in [-0.05, 0) is 56.2 Å². The highest BCUT2D eigenvalue weighted by molar-refractivity contribution is 5.82. The smallest absolute Gasteiger partial charge is 0.321 e. The van der Waals surface area contributed by atoms with Gasteiger partial charge in [-0.2, -0.15) is 0 Å². The van der Waals surface area contributed by atoms with Crippen LogP contribution in [0.3, 0.4) is 0 Å². The average Bonchev–Trinajstić information content (AvgIpc) is 2.86. The maximum Gasteiger partial charge on any atom is 0.321 e. The number of hydrogen-bond donors (Lipinski definition) is 5. The zero-order valence-corrected chi connectivity index (χ0v) is 20.5. The molecule has 2 aromatic carbocycles. The normalized spacial score (nSPS) is 16.3. The van der Waals surface area contributed by atoms with Crippen LogP contribution in [0.25, 0.3) is 0 Å². The SMILES string of the molecule is NC(=O)CCCc1ccccc1.NC(=O)CCCc1ccccc1.O=C(O)[C@H]1NCCC[C@H]1C(=O)O. The largest absolute Gasteiger partial charge is 0.481 e. The molecule has 0 spiro atoms. The van der Waals surface area contributed by atoms with Crippen LogP contribution >= 0.6 is 0 Å². The Morgan fingerprint density at radius 1 is 0.750 bits per heavy atom. The lowest BCUT2D eigenvalue weighted by Crippen LogP contribution is -2.49. The molecule has 0 bridgehead atoms. The molecular weight excluding hydrogens is 462 g/mol. The summed E-state index contributed by atoms with van der Waals surface area (Å²) >= 11 is 0. The number of aliphatic carboxylic acids is 2. The first-order valence-electron chi connectivity index (χ1n) is 12.0. The minimum atomic E-state index is -1.08. The van der Waals surface area contributed by atoms with E-state index in [9.17, 15) is 19.2 Å². The van der Waals surface area contributed by atoms with Gasteiger partial charge in [0.1, 0.15) is 6.04 Å². The third-order valence-electron chi connectivity index (χ3n) is 5.50. The van der Waals surface area contributed by atoms with Gasteiger partial charge in [-0.25, -0.2) is 0 Å². The molecule has 9 nitrogen and oxygen atoms in total. The molecule has 0 aliphatic carbocycles. The molecular formula is C27H37N3O6. The molecule has 0 unspecified atom stereocenters. The highest BCUT2D eigenvalue weighted by Gasteiger charge is 2.35. The molecule has 1 fully saturated rings. The van der Waals surface area contributed by atoms with Gasteiger partial charge in [-0.1, -0.05) is 60.7 Å². The molecule has 1 saturated heterocycles. The summed E-state index contributed by atoms with van der Waals surface area (Å²) in [5.74, 6) is -3.33. The van der Waals surface area contributed by atoms with Crippen molar-refractivity contribution in [3.63, 3.8) is 0 Å². The maximum atomic E-state index is 10.6. The van der Waals surface area contributed by atoms with E-state index >= 15 is 0 Å². The third-order valence-corrected chi connectivity index (χ3v) is 5.50. The van der Waals surface area contributed by atoms with Crippen molar-refractivity contribution in [2.75, 3.05) is 6.54 Å². The molecule has 1 aliphatic heterocycles. The van der Waals surface area contributed by atoms with Crippen molar-refractivity contribution in [3.8, 4) is 0 Å². The summed E-state index contributed by atoms with van der Waals surface area (Å²) in [4.78, 5) is 41.9. The zero-order chi connectivity index (χ0) is 26.8. The molecule has 1 aliphatic rings. The topological polar surface area (TPSA) is 173 Å². The van der Waals surface area contributed by atoms with Crippen LogP contribution in [0.2, 0.25) is 0 Å². The standard InChI is InChI=1S/2C10H13NO.C7H11NO4/c2*11-10(12)8-4-7-9-5-2-1-3-6-9;9-6(10)4-2-1-3-8-5(4)7(11)12/h2*1-3,5-6H,4,7-8H2,(H2,11,12);4-5,8H,1-3H2,(H,9,10)(H,11,12)/t;;4-,5+/m..1/s1. The van der Waals surface area contributed by atoms with Crippen molar-refractivity contribution in [1.29, 1.82) is 0 Å². The number of amides is 2. The number of rotatable bonds is 10. The van der Waals surface area contributed by atoms with Crippen LogP contribution in [0, 0.1) is 5.92 Å². The van der Waals surface area contributed by atoms with E-state index in [-0.39, 0.29) is 11.8 Å². The van der Waals surface area contributed by atoms with Crippen LogP contribution in [0.4, 0.5) is 0 Å². The molecule has 196 valence electrons. The fourth-order valence-electron chi connectivity index (χ4n) is 3.64. The molecule has 1 heterocycles. The van der Waals surface area contributed by atoms with Gasteiger partial charge < -0.3 is 27.0 Å². The van der Waals surface area contributed by atoms with Gasteiger partial charge in [0.25, 0.3) is 0 Å². The van der Waals surface area contributed by atoms with Crippen LogP contribution in [0.15, 0.2) is 60.7 Å². The summed E-state index contributed by atoms with van der Waals surface area (Å²) in [6, 6.07) is 19.3. The molecule has 2 atom stereocenters. The Kier molecular flexibility index (Phi) is 14.9. The van der Waals surface area contributed by atoms with E-state index in [4.69, 9.17) is 21.7 Å². The Hall–Kier alpha value is -3.72. The number of carbonyl (C=O) groups excluding carboxylic acids is 2. The predicted octanol–water partition coefficient (Wildman–Crippen LogP) is 2.51. The van der Waals surface area contributed by atoms with Gasteiger partial charge in [-0.3, -0.25) is 19.2 Å². The second-order valence-corrected chi connectivity index (χ2v) is 8.47. The van der Waals surface area contributed by atoms with E-state index in [2.05, 4.69) is 29.6 Å². The van der Waals surface area contributed by atoms with Gasteiger partial charge in [0, 0.05) is 12.8 Å². The Balaban J connectivity index is 0.000000270. The monoisotopic (exact) mass is 499 g/mol. The van der Waals surface area contributed by atoms with E-state index in [1.807, 2.05) is 36.4 Å². The van der Waals surface area contributed by atoms with Crippen LogP contribution in [-0.4, -0.2) is 46.6 Å². The van der Waals surface area contributed by atoms with Crippen LogP contribution in [0.1, 0.15) is 49.7 Å². The molecule has 0 aromatic heterocycles. The van der Waals surface area contributed by atoms with Crippen molar-refractivity contribution in [3.05, 3.63) is 71.8 Å². The summed E-state index contributed by atoms with van der Waals surface area (Å²) in [5.41, 5.74) is 12.6. The molecule has 3 rings (SSSR count). The minimum absolute atomic E-state index is 0.217. The lowest BCUT2D eigenvalue weighted by molar-refractivity contribution is -0.152. The minimum Gasteiger partial charge on any atom is -0.481 e. The van der Waals surface area contributed by atoms with Crippen LogP contribution in [-0.2, 0) is 32.0 Å². The lowest BCUT2D eigenvalue weighted by atomic mass is 9.91. The molecule has 36 heavy (non-hydrogen) atoms. The van der Waals surface area contributed by atoms with Crippen LogP contribution in [0.5, 0.6) is 0 Å². The Labute approximate surface area is 211 Å². The molecule has 2 amide bonds. The second kappa shape index (κ2) is 17.7. The van der Waals surface area contributed by atoms with E-state index in [0.717, 1.165) is 32.1 Å². The summed E-state index contributed by atoms with van der Waals surface area (Å²) in [6.07, 6.45) is 5.69. The fraction of sp³-hybridized carbons (Fsp3) is 0.407. The molecule has 2 aromatic rings. The van der Waals surface area contributed by atoms with Gasteiger partial charge in [0.2, 0.25) is 11.8 Å². The van der Waals surface area contributed by atoms with E-state index < -0.39 is 23.9 Å². The number of nitrogens with one attached hydrogen (secondary N) is 1. The number of piperidine rings is 1. The van der Waals surface area contributed by atoms with Crippen molar-refractivity contribution < 1.29 is 29.4 Å². The number of carbonyl (C=O) groups is 4. The number of nitrogens with two attached hydrogens (primary N) is 2. The third kappa shape index (κ3) is 13.9. The maximum absolute atomic E-state index is 10.6. The van der Waals surface area contributed by atoms with Crippen molar-refractivity contribution in [2.24, 2.45) is 17.4 Å². The highest BCUT2D eigenvalue weighted by Crippen LogP contribution is 2.16. The van der Waals surface area contributed by atoms with E-state index in [0.29, 0.717) is 25.8 Å². The summed E-state index contributed by atoms with van der Waals surface area (Å²) in [7, 11) is 0. The summed E-state index contributed by atoms with van der Waals surface area (Å²) < 4.78 is 0. The quantitative estimate of drug-likeness (QED) is 0.334. The fourth-order valence-corrected chi connectivity index (χ4v) is 3.64. The number of carboxylic acids is 2. The lowest BCUT2D eigenvalue weighted by Gasteiger charge is -2.26. The van der Waals surface area contributed by atoms with E-state index in [1.165, 1.54) is 11.1 Å². The summed E-state index contributed by atoms with van der Waals surface area (Å²) in [6.45, 7) is 0.584. The first-order valence-corrected chi connectivity index (χ1v) is 12.0. The van der Waals surface area contributed by atoms with Gasteiger partial charge in [0.15, 0.2) is 0 Å². The van der Waals surface area contributed by atoms with Gasteiger partial charge in [0.05, 0.1) is 5.92 Å². The Morgan fingerprint density at radius 3 is 1.53 bits per heavy atom. The predicted molar refractivity (Wildman–Crippen MR) is 137 cm³/mol. The van der Waals surface area contributed by atoms with Gasteiger partial charge in [-0.15, -0.1) is 0 Å². The molecule has 0 radical (unpaired) electrons. The number of benzene rings is 2. The molecule has 0 saturated carbocycles. The number of carboxylic acid groups (broad SMARTS) is 2. The Bertz CT molecular complexity index is 860. The summed E-state index contributed by atoms with van der Waals surface area (Å²) in [5, 5.41) is 20.0. The van der Waals surface area contributed by atoms with Crippen molar-refractivity contribution in [1.82, 2.24) is 5.32 Å². The molecule has 9 heteroatoms. The second-order valence-electron chi connectivity index (χ2n) is 8.47. The van der Waals surface area contributed by atoms with E-state index in [1.54, 1.807) is 0 Å². The first-order chi connectivity index (χ1) is 17.2. The first kappa shape index (κ1) is 30.3. The van der Waals surface area contributed by atoms with Crippen LogP contribution < -0.4 is 16.8 Å². The molecule has 7 N–H and O–H groups in total. The van der Waals surface area contributed by atoms with Gasteiger partial charge >= 0.3 is 11.9 Å². The highest BCUT2D eigenvalue weighted by atomic mass is 16.4. The number of primary amides is 2. The van der Waals surface area contributed by atoms with Crippen molar-refractivity contribution >= 4 is 23.8 Å². The van der Waals surface area contributed by atoms with Crippen molar-refractivity contribution in [2.45, 2.75) is 57.4 Å².